The Bertz CT molecular complexity index is 931. The molecule has 7 nitrogen and oxygen atoms in total. The maximum Gasteiger partial charge on any atom is 0.387 e. The van der Waals surface area contributed by atoms with Gasteiger partial charge < -0.3 is 24.5 Å². The summed E-state index contributed by atoms with van der Waals surface area (Å²) in [6.07, 6.45) is 3.20. The highest BCUT2D eigenvalue weighted by Gasteiger charge is 2.17. The molecular formula is C19H17F2N3O4. The second-order valence-electron chi connectivity index (χ2n) is 5.73. The molecule has 0 aliphatic heterocycles. The molecule has 9 heteroatoms. The minimum absolute atomic E-state index is 0.0797. The highest BCUT2D eigenvalue weighted by atomic mass is 19.3. The summed E-state index contributed by atoms with van der Waals surface area (Å²) >= 11 is 0. The van der Waals surface area contributed by atoms with Crippen LogP contribution in [0.2, 0.25) is 0 Å². The summed E-state index contributed by atoms with van der Waals surface area (Å²) in [5, 5.41) is 9.09. The molecule has 1 aromatic heterocycles. The first-order valence-corrected chi connectivity index (χ1v) is 8.19. The van der Waals surface area contributed by atoms with Gasteiger partial charge in [0, 0.05) is 23.6 Å². The molecule has 3 aromatic rings. The number of aromatic nitrogens is 2. The van der Waals surface area contributed by atoms with Crippen molar-refractivity contribution in [2.24, 2.45) is 0 Å². The molecule has 3 rings (SSSR count). The quantitative estimate of drug-likeness (QED) is 0.604. The van der Waals surface area contributed by atoms with Crippen molar-refractivity contribution in [1.82, 2.24) is 9.97 Å². The number of alkyl halides is 2. The molecule has 0 saturated carbocycles. The fraction of sp³-hybridized carbons (Fsp3) is 0.158. The molecular weight excluding hydrogens is 372 g/mol. The number of hydrogen-bond donors (Lipinski definition) is 2. The summed E-state index contributed by atoms with van der Waals surface area (Å²) < 4.78 is 34.8. The molecule has 2 N–H and O–H groups in total. The molecule has 0 unspecified atom stereocenters. The van der Waals surface area contributed by atoms with Crippen LogP contribution in [0.25, 0.3) is 0 Å². The van der Waals surface area contributed by atoms with Crippen molar-refractivity contribution in [1.29, 1.82) is 0 Å². The molecule has 0 fully saturated rings. The third-order valence-corrected chi connectivity index (χ3v) is 3.98. The number of aromatic carboxylic acids is 1. The number of H-pyrrole nitrogens is 1. The van der Waals surface area contributed by atoms with Crippen molar-refractivity contribution in [2.75, 3.05) is 12.0 Å². The number of hydrogen-bond acceptors (Lipinski definition) is 5. The first-order chi connectivity index (χ1) is 13.5. The van der Waals surface area contributed by atoms with Crippen LogP contribution in [-0.2, 0) is 6.54 Å². The molecule has 0 saturated heterocycles. The number of methoxy groups -OCH3 is 1. The molecule has 0 aliphatic carbocycles. The monoisotopic (exact) mass is 389 g/mol. The zero-order valence-electron chi connectivity index (χ0n) is 14.8. The van der Waals surface area contributed by atoms with Crippen molar-refractivity contribution >= 4 is 17.3 Å². The van der Waals surface area contributed by atoms with E-state index in [4.69, 9.17) is 9.84 Å². The van der Waals surface area contributed by atoms with Crippen LogP contribution in [0.15, 0.2) is 55.0 Å². The average molecular weight is 389 g/mol. The predicted octanol–water partition coefficient (Wildman–Crippen LogP) is 4.06. The number of aromatic amines is 1. The number of halogens is 2. The van der Waals surface area contributed by atoms with Gasteiger partial charge in [0.05, 0.1) is 31.2 Å². The summed E-state index contributed by atoms with van der Waals surface area (Å²) in [6.45, 7) is -2.59. The Hall–Kier alpha value is -3.62. The standard InChI is InChI=1S/C19H17F2N3O4/c1-27-17-8-15(6-7-16(17)28-19(20)21)24(10-13-9-22-11-23-13)14-4-2-12(3-5-14)18(25)26/h2-9,11,19H,10H2,1H3,(H,22,23)(H,25,26). The van der Waals surface area contributed by atoms with Gasteiger partial charge in [-0.2, -0.15) is 8.78 Å². The fourth-order valence-electron chi connectivity index (χ4n) is 2.67. The lowest BCUT2D eigenvalue weighted by atomic mass is 10.1. The summed E-state index contributed by atoms with van der Waals surface area (Å²) in [5.74, 6) is -0.958. The van der Waals surface area contributed by atoms with Gasteiger partial charge in [-0.25, -0.2) is 9.78 Å². The third-order valence-electron chi connectivity index (χ3n) is 3.98. The number of nitrogens with zero attached hydrogens (tertiary/aromatic N) is 2. The summed E-state index contributed by atoms with van der Waals surface area (Å²) in [6, 6.07) is 10.9. The SMILES string of the molecule is COc1cc(N(Cc2cnc[nH]2)c2ccc(C(=O)O)cc2)ccc1OC(F)F. The molecule has 0 aliphatic rings. The van der Waals surface area contributed by atoms with Gasteiger partial charge in [-0.1, -0.05) is 0 Å². The molecule has 2 aromatic carbocycles. The zero-order chi connectivity index (χ0) is 20.1. The molecule has 0 spiro atoms. The van der Waals surface area contributed by atoms with Gasteiger partial charge in [-0.15, -0.1) is 0 Å². The lowest BCUT2D eigenvalue weighted by molar-refractivity contribution is -0.0512. The van der Waals surface area contributed by atoms with E-state index in [0.29, 0.717) is 17.9 Å². The number of nitrogens with one attached hydrogen (secondary N) is 1. The van der Waals surface area contributed by atoms with Crippen molar-refractivity contribution < 1.29 is 28.2 Å². The Morgan fingerprint density at radius 2 is 1.89 bits per heavy atom. The third kappa shape index (κ3) is 4.37. The molecule has 1 heterocycles. The van der Waals surface area contributed by atoms with Crippen molar-refractivity contribution in [2.45, 2.75) is 13.2 Å². The molecule has 0 amide bonds. The maximum absolute atomic E-state index is 12.6. The largest absolute Gasteiger partial charge is 0.493 e. The second-order valence-corrected chi connectivity index (χ2v) is 5.73. The predicted molar refractivity (Wildman–Crippen MR) is 97.5 cm³/mol. The van der Waals surface area contributed by atoms with Crippen LogP contribution < -0.4 is 14.4 Å². The Labute approximate surface area is 159 Å². The molecule has 0 atom stereocenters. The van der Waals surface area contributed by atoms with Crippen LogP contribution in [0.5, 0.6) is 11.5 Å². The van der Waals surface area contributed by atoms with Gasteiger partial charge >= 0.3 is 12.6 Å². The van der Waals surface area contributed by atoms with Gasteiger partial charge in [0.2, 0.25) is 0 Å². The highest BCUT2D eigenvalue weighted by molar-refractivity contribution is 5.88. The Kier molecular flexibility index (Phi) is 5.73. The van der Waals surface area contributed by atoms with Gasteiger partial charge in [-0.3, -0.25) is 0 Å². The van der Waals surface area contributed by atoms with Crippen LogP contribution in [0.3, 0.4) is 0 Å². The van der Waals surface area contributed by atoms with Crippen LogP contribution >= 0.6 is 0 Å². The number of ether oxygens (including phenoxy) is 2. The average Bonchev–Trinajstić information content (AvgIpc) is 3.19. The van der Waals surface area contributed by atoms with Gasteiger partial charge in [0.15, 0.2) is 11.5 Å². The number of imidazole rings is 1. The van der Waals surface area contributed by atoms with E-state index in [1.165, 1.54) is 25.3 Å². The van der Waals surface area contributed by atoms with Crippen LogP contribution in [0, 0.1) is 0 Å². The lowest BCUT2D eigenvalue weighted by Gasteiger charge is -2.25. The van der Waals surface area contributed by atoms with E-state index < -0.39 is 12.6 Å². The minimum atomic E-state index is -2.97. The minimum Gasteiger partial charge on any atom is -0.493 e. The van der Waals surface area contributed by atoms with Crippen LogP contribution in [-0.4, -0.2) is 34.8 Å². The summed E-state index contributed by atoms with van der Waals surface area (Å²) in [4.78, 5) is 19.9. The van der Waals surface area contributed by atoms with Crippen molar-refractivity contribution in [3.63, 3.8) is 0 Å². The van der Waals surface area contributed by atoms with E-state index in [-0.39, 0.29) is 17.1 Å². The molecule has 28 heavy (non-hydrogen) atoms. The van der Waals surface area contributed by atoms with Crippen LogP contribution in [0.4, 0.5) is 20.2 Å². The molecule has 0 bridgehead atoms. The number of carbonyl (C=O) groups is 1. The van der Waals surface area contributed by atoms with E-state index in [1.54, 1.807) is 36.8 Å². The Morgan fingerprint density at radius 1 is 1.18 bits per heavy atom. The van der Waals surface area contributed by atoms with E-state index in [2.05, 4.69) is 14.7 Å². The number of benzene rings is 2. The normalized spacial score (nSPS) is 10.7. The van der Waals surface area contributed by atoms with E-state index in [1.807, 2.05) is 4.90 Å². The number of carboxylic acids is 1. The smallest absolute Gasteiger partial charge is 0.387 e. The summed E-state index contributed by atoms with van der Waals surface area (Å²) in [5.41, 5.74) is 2.29. The highest BCUT2D eigenvalue weighted by Crippen LogP contribution is 2.36. The van der Waals surface area contributed by atoms with Gasteiger partial charge in [-0.05, 0) is 36.4 Å². The summed E-state index contributed by atoms with van der Waals surface area (Å²) in [7, 11) is 1.36. The first-order valence-electron chi connectivity index (χ1n) is 8.19. The molecule has 0 radical (unpaired) electrons. The zero-order valence-corrected chi connectivity index (χ0v) is 14.8. The van der Waals surface area contributed by atoms with E-state index in [0.717, 1.165) is 5.69 Å². The molecule has 146 valence electrons. The first kappa shape index (κ1) is 19.2. The Balaban J connectivity index is 1.99. The Morgan fingerprint density at radius 3 is 2.46 bits per heavy atom. The van der Waals surface area contributed by atoms with Crippen LogP contribution in [0.1, 0.15) is 16.1 Å². The van der Waals surface area contributed by atoms with Gasteiger partial charge in [0.1, 0.15) is 0 Å². The fourth-order valence-corrected chi connectivity index (χ4v) is 2.67. The number of anilines is 2. The number of rotatable bonds is 8. The lowest BCUT2D eigenvalue weighted by Crippen LogP contribution is -2.17. The maximum atomic E-state index is 12.6. The number of carboxylic acid groups (broad SMARTS) is 1. The van der Waals surface area contributed by atoms with Gasteiger partial charge in [0.25, 0.3) is 0 Å². The van der Waals surface area contributed by atoms with Crippen molar-refractivity contribution in [3.8, 4) is 11.5 Å². The van der Waals surface area contributed by atoms with E-state index >= 15 is 0 Å². The van der Waals surface area contributed by atoms with E-state index in [9.17, 15) is 13.6 Å². The topological polar surface area (TPSA) is 87.7 Å². The van der Waals surface area contributed by atoms with Crippen molar-refractivity contribution in [3.05, 3.63) is 66.2 Å². The second kappa shape index (κ2) is 8.38.